The predicted octanol–water partition coefficient (Wildman–Crippen LogP) is 3.43. The molecule has 0 radical (unpaired) electrons. The van der Waals surface area contributed by atoms with Gasteiger partial charge in [-0.2, -0.15) is 5.26 Å². The number of anilines is 1. The topological polar surface area (TPSA) is 70.0 Å². The van der Waals surface area contributed by atoms with Crippen LogP contribution in [0.5, 0.6) is 0 Å². The third kappa shape index (κ3) is 3.37. The predicted molar refractivity (Wildman–Crippen MR) is 97.6 cm³/mol. The van der Waals surface area contributed by atoms with Crippen molar-refractivity contribution < 1.29 is 13.4 Å². The number of carbonyl (C=O) groups excluding carboxylic acids is 1. The summed E-state index contributed by atoms with van der Waals surface area (Å²) in [5.74, 6) is 2.47. The molecular weight excluding hydrogens is 339 g/mol. The zero-order chi connectivity index (χ0) is 18.0. The smallest absolute Gasteiger partial charge is 0.266 e. The van der Waals surface area contributed by atoms with E-state index in [1.807, 2.05) is 0 Å². The number of amides is 1. The van der Waals surface area contributed by atoms with Gasteiger partial charge in [0.2, 0.25) is 0 Å². The second-order valence-corrected chi connectivity index (χ2v) is 7.59. The standard InChI is InChI=1S/C19H13FN2O2S/c1-25(24)9-8-13-6-7-16(11-18(13)25)22-19(23)15(12-21)10-14-4-2-3-5-17(14)20/h2-11H,1H2,(H,22,23)/b15-10+. The van der Waals surface area contributed by atoms with Gasteiger partial charge in [-0.1, -0.05) is 24.3 Å². The van der Waals surface area contributed by atoms with Crippen molar-refractivity contribution in [3.63, 3.8) is 0 Å². The summed E-state index contributed by atoms with van der Waals surface area (Å²) in [7, 11) is -2.50. The van der Waals surface area contributed by atoms with E-state index in [2.05, 4.69) is 11.2 Å². The largest absolute Gasteiger partial charge is 0.321 e. The highest BCUT2D eigenvalue weighted by molar-refractivity contribution is 8.03. The average Bonchev–Trinajstić information content (AvgIpc) is 2.89. The third-order valence-electron chi connectivity index (χ3n) is 3.68. The minimum Gasteiger partial charge on any atom is -0.321 e. The summed E-state index contributed by atoms with van der Waals surface area (Å²) in [6, 6.07) is 12.5. The molecule has 1 N–H and O–H groups in total. The zero-order valence-corrected chi connectivity index (χ0v) is 13.8. The summed E-state index contributed by atoms with van der Waals surface area (Å²) in [6.45, 7) is 0. The van der Waals surface area contributed by atoms with Gasteiger partial charge in [0.05, 0.1) is 0 Å². The molecule has 0 saturated heterocycles. The van der Waals surface area contributed by atoms with Crippen molar-refractivity contribution in [1.82, 2.24) is 0 Å². The Morgan fingerprint density at radius 1 is 1.28 bits per heavy atom. The number of hydrogen-bond acceptors (Lipinski definition) is 3. The highest BCUT2D eigenvalue weighted by atomic mass is 32.2. The highest BCUT2D eigenvalue weighted by Gasteiger charge is 2.17. The Bertz CT molecular complexity index is 1080. The van der Waals surface area contributed by atoms with Gasteiger partial charge in [-0.15, -0.1) is 0 Å². The molecule has 0 aliphatic carbocycles. The van der Waals surface area contributed by atoms with Crippen molar-refractivity contribution in [3.05, 3.63) is 70.4 Å². The lowest BCUT2D eigenvalue weighted by Gasteiger charge is -2.08. The van der Waals surface area contributed by atoms with Gasteiger partial charge >= 0.3 is 0 Å². The lowest BCUT2D eigenvalue weighted by molar-refractivity contribution is -0.112. The summed E-state index contributed by atoms with van der Waals surface area (Å²) in [6.07, 6.45) is 2.90. The van der Waals surface area contributed by atoms with E-state index in [1.165, 1.54) is 29.7 Å². The van der Waals surface area contributed by atoms with Gasteiger partial charge in [0, 0.05) is 25.7 Å². The Morgan fingerprint density at radius 3 is 2.76 bits per heavy atom. The van der Waals surface area contributed by atoms with Gasteiger partial charge in [-0.25, -0.2) is 4.39 Å². The van der Waals surface area contributed by atoms with Crippen molar-refractivity contribution >= 4 is 39.1 Å². The lowest BCUT2D eigenvalue weighted by atomic mass is 10.1. The zero-order valence-electron chi connectivity index (χ0n) is 13.0. The fraction of sp³-hybridized carbons (Fsp3) is 0. The number of carbonyl (C=O) groups is 1. The third-order valence-corrected chi connectivity index (χ3v) is 5.36. The minimum atomic E-state index is -2.50. The molecule has 4 nitrogen and oxygen atoms in total. The summed E-state index contributed by atoms with van der Waals surface area (Å²) >= 11 is 0. The number of halogens is 1. The van der Waals surface area contributed by atoms with Crippen LogP contribution < -0.4 is 5.32 Å². The van der Waals surface area contributed by atoms with Crippen molar-refractivity contribution in [2.45, 2.75) is 4.90 Å². The number of nitriles is 1. The van der Waals surface area contributed by atoms with Crippen LogP contribution in [0.3, 0.4) is 0 Å². The van der Waals surface area contributed by atoms with Crippen molar-refractivity contribution in [3.8, 4) is 6.07 Å². The first-order valence-electron chi connectivity index (χ1n) is 7.28. The molecule has 1 aliphatic heterocycles. The minimum absolute atomic E-state index is 0.146. The van der Waals surface area contributed by atoms with Crippen LogP contribution in [0, 0.1) is 17.1 Å². The van der Waals surface area contributed by atoms with Crippen LogP contribution >= 0.6 is 0 Å². The lowest BCUT2D eigenvalue weighted by Crippen LogP contribution is -2.14. The van der Waals surface area contributed by atoms with Crippen LogP contribution in [0.2, 0.25) is 0 Å². The van der Waals surface area contributed by atoms with Crippen LogP contribution in [0.1, 0.15) is 11.1 Å². The number of nitrogens with zero attached hydrogens (tertiary/aromatic N) is 1. The highest BCUT2D eigenvalue weighted by Crippen LogP contribution is 2.29. The number of rotatable bonds is 3. The van der Waals surface area contributed by atoms with Crippen LogP contribution in [0.25, 0.3) is 12.2 Å². The van der Waals surface area contributed by atoms with Crippen molar-refractivity contribution in [2.24, 2.45) is 0 Å². The molecule has 0 saturated carbocycles. The average molecular weight is 352 g/mol. The molecule has 2 aromatic rings. The Hall–Kier alpha value is -3.17. The summed E-state index contributed by atoms with van der Waals surface area (Å²) < 4.78 is 26.0. The van der Waals surface area contributed by atoms with Gasteiger partial charge in [-0.3, -0.25) is 9.00 Å². The van der Waals surface area contributed by atoms with Crippen molar-refractivity contribution in [2.75, 3.05) is 5.32 Å². The number of fused-ring (bicyclic) bond motifs is 1. The molecule has 1 amide bonds. The van der Waals surface area contributed by atoms with E-state index in [0.29, 0.717) is 10.6 Å². The molecule has 0 fully saturated rings. The van der Waals surface area contributed by atoms with Gasteiger partial charge in [0.25, 0.3) is 5.91 Å². The molecule has 124 valence electrons. The van der Waals surface area contributed by atoms with E-state index in [-0.39, 0.29) is 11.1 Å². The fourth-order valence-corrected chi connectivity index (χ4v) is 3.77. The summed E-state index contributed by atoms with van der Waals surface area (Å²) in [5, 5.41) is 13.3. The summed E-state index contributed by atoms with van der Waals surface area (Å²) in [5.41, 5.74) is 1.08. The van der Waals surface area contributed by atoms with Crippen LogP contribution in [0.4, 0.5) is 10.1 Å². The molecule has 0 aromatic heterocycles. The first-order chi connectivity index (χ1) is 11.9. The molecule has 1 heterocycles. The molecule has 6 heteroatoms. The number of hydrogen-bond donors (Lipinski definition) is 1. The normalized spacial score (nSPS) is 18.5. The number of nitrogens with one attached hydrogen (secondary N) is 1. The van der Waals surface area contributed by atoms with Gasteiger partial charge < -0.3 is 5.32 Å². The fourth-order valence-electron chi connectivity index (χ4n) is 2.40. The van der Waals surface area contributed by atoms with E-state index in [1.54, 1.807) is 36.4 Å². The van der Waals surface area contributed by atoms with Crippen LogP contribution in [0.15, 0.2) is 58.3 Å². The molecule has 1 aliphatic rings. The molecule has 2 aromatic carbocycles. The van der Waals surface area contributed by atoms with Gasteiger partial charge in [0.15, 0.2) is 0 Å². The molecule has 25 heavy (non-hydrogen) atoms. The first-order valence-corrected chi connectivity index (χ1v) is 9.07. The maximum Gasteiger partial charge on any atom is 0.266 e. The molecular formula is C19H13FN2O2S. The quantitative estimate of drug-likeness (QED) is 0.523. The van der Waals surface area contributed by atoms with E-state index in [4.69, 9.17) is 0 Å². The maximum atomic E-state index is 13.7. The SMILES string of the molecule is C=S1(=O)C=Cc2ccc(NC(=O)/C(C#N)=C/c3ccccc3F)cc21. The second-order valence-electron chi connectivity index (χ2n) is 5.43. The Morgan fingerprint density at radius 2 is 2.04 bits per heavy atom. The molecule has 3 rings (SSSR count). The van der Waals surface area contributed by atoms with Gasteiger partial charge in [0.1, 0.15) is 17.5 Å². The molecule has 1 atom stereocenters. The number of benzene rings is 2. The van der Waals surface area contributed by atoms with E-state index in [0.717, 1.165) is 5.56 Å². The monoisotopic (exact) mass is 352 g/mol. The molecule has 0 bridgehead atoms. The van der Waals surface area contributed by atoms with E-state index in [9.17, 15) is 18.7 Å². The Balaban J connectivity index is 1.88. The molecule has 0 spiro atoms. The van der Waals surface area contributed by atoms with Crippen LogP contribution in [-0.2, 0) is 14.3 Å². The van der Waals surface area contributed by atoms with E-state index >= 15 is 0 Å². The van der Waals surface area contributed by atoms with E-state index < -0.39 is 21.2 Å². The summed E-state index contributed by atoms with van der Waals surface area (Å²) in [4.78, 5) is 12.8. The van der Waals surface area contributed by atoms with Crippen molar-refractivity contribution in [1.29, 1.82) is 5.26 Å². The van der Waals surface area contributed by atoms with Gasteiger partial charge in [-0.05, 0) is 47.2 Å². The maximum absolute atomic E-state index is 13.7. The Kier molecular flexibility index (Phi) is 4.26. The van der Waals surface area contributed by atoms with Crippen LogP contribution in [-0.4, -0.2) is 16.0 Å². The second kappa shape index (κ2) is 6.38. The Labute approximate surface area is 144 Å². The molecule has 1 unspecified atom stereocenters. The first kappa shape index (κ1) is 16.7.